The molecular formula is C9H16Cl2. The molecule has 0 aliphatic heterocycles. The number of halogens is 2. The van der Waals surface area contributed by atoms with E-state index in [0.717, 1.165) is 6.42 Å². The van der Waals surface area contributed by atoms with Crippen LogP contribution in [0.1, 0.15) is 45.4 Å². The highest BCUT2D eigenvalue weighted by atomic mass is 35.5. The Morgan fingerprint density at radius 3 is 2.27 bits per heavy atom. The van der Waals surface area contributed by atoms with Crippen molar-refractivity contribution < 1.29 is 0 Å². The normalized spacial score (nSPS) is 9.73. The quantitative estimate of drug-likeness (QED) is 0.540. The smallest absolute Gasteiger partial charge is 0.0713 e. The third-order valence-electron chi connectivity index (χ3n) is 1.61. The SMILES string of the molecule is CCCCCCCC=C(Cl)Cl. The van der Waals surface area contributed by atoms with Crippen molar-refractivity contribution >= 4 is 23.2 Å². The minimum absolute atomic E-state index is 0.403. The first-order valence-electron chi connectivity index (χ1n) is 4.28. The van der Waals surface area contributed by atoms with Gasteiger partial charge < -0.3 is 0 Å². The molecule has 0 N–H and O–H groups in total. The lowest BCUT2D eigenvalue weighted by Crippen LogP contribution is -1.75. The van der Waals surface area contributed by atoms with Crippen molar-refractivity contribution in [3.63, 3.8) is 0 Å². The highest BCUT2D eigenvalue weighted by molar-refractivity contribution is 6.55. The number of hydrogen-bond acceptors (Lipinski definition) is 0. The Kier molecular flexibility index (Phi) is 8.66. The van der Waals surface area contributed by atoms with Crippen LogP contribution in [0, 0.1) is 0 Å². The summed E-state index contributed by atoms with van der Waals surface area (Å²) < 4.78 is 0.403. The summed E-state index contributed by atoms with van der Waals surface area (Å²) in [6.45, 7) is 2.22. The second-order valence-electron chi connectivity index (χ2n) is 2.70. The van der Waals surface area contributed by atoms with Crippen molar-refractivity contribution in [3.8, 4) is 0 Å². The van der Waals surface area contributed by atoms with Gasteiger partial charge in [-0.1, -0.05) is 61.9 Å². The van der Waals surface area contributed by atoms with Crippen LogP contribution in [0.15, 0.2) is 10.6 Å². The summed E-state index contributed by atoms with van der Waals surface area (Å²) in [5.74, 6) is 0. The predicted molar refractivity (Wildman–Crippen MR) is 53.2 cm³/mol. The molecule has 0 atom stereocenters. The second kappa shape index (κ2) is 8.42. The molecule has 0 heterocycles. The van der Waals surface area contributed by atoms with Gasteiger partial charge in [0, 0.05) is 0 Å². The molecule has 0 amide bonds. The van der Waals surface area contributed by atoms with Crippen LogP contribution in [0.4, 0.5) is 0 Å². The molecule has 11 heavy (non-hydrogen) atoms. The lowest BCUT2D eigenvalue weighted by molar-refractivity contribution is 0.637. The molecule has 0 nitrogen and oxygen atoms in total. The molecular weight excluding hydrogens is 179 g/mol. The van der Waals surface area contributed by atoms with Gasteiger partial charge in [-0.15, -0.1) is 0 Å². The fraction of sp³-hybridized carbons (Fsp3) is 0.778. The topological polar surface area (TPSA) is 0 Å². The van der Waals surface area contributed by atoms with E-state index in [1.165, 1.54) is 32.1 Å². The molecule has 0 rings (SSSR count). The lowest BCUT2D eigenvalue weighted by Gasteiger charge is -1.95. The maximum absolute atomic E-state index is 5.44. The summed E-state index contributed by atoms with van der Waals surface area (Å²) in [5.41, 5.74) is 0. The Morgan fingerprint density at radius 1 is 1.09 bits per heavy atom. The van der Waals surface area contributed by atoms with Gasteiger partial charge >= 0.3 is 0 Å². The second-order valence-corrected chi connectivity index (χ2v) is 3.70. The summed E-state index contributed by atoms with van der Waals surface area (Å²) in [5, 5.41) is 0. The molecule has 0 aromatic carbocycles. The minimum Gasteiger partial charge on any atom is -0.0713 e. The lowest BCUT2D eigenvalue weighted by atomic mass is 10.1. The van der Waals surface area contributed by atoms with Crippen LogP contribution in [0.25, 0.3) is 0 Å². The fourth-order valence-corrected chi connectivity index (χ4v) is 1.18. The molecule has 0 bridgehead atoms. The monoisotopic (exact) mass is 194 g/mol. The summed E-state index contributed by atoms with van der Waals surface area (Å²) in [4.78, 5) is 0. The molecule has 0 aliphatic carbocycles. The van der Waals surface area contributed by atoms with E-state index in [4.69, 9.17) is 23.2 Å². The van der Waals surface area contributed by atoms with Crippen molar-refractivity contribution in [2.24, 2.45) is 0 Å². The van der Waals surface area contributed by atoms with Gasteiger partial charge in [-0.25, -0.2) is 0 Å². The average molecular weight is 195 g/mol. The molecule has 0 radical (unpaired) electrons. The van der Waals surface area contributed by atoms with E-state index < -0.39 is 0 Å². The van der Waals surface area contributed by atoms with Crippen molar-refractivity contribution in [2.75, 3.05) is 0 Å². The van der Waals surface area contributed by atoms with Gasteiger partial charge in [-0.2, -0.15) is 0 Å². The Bertz CT molecular complexity index is 104. The van der Waals surface area contributed by atoms with E-state index in [-0.39, 0.29) is 0 Å². The third kappa shape index (κ3) is 10.3. The van der Waals surface area contributed by atoms with Crippen molar-refractivity contribution in [1.29, 1.82) is 0 Å². The first kappa shape index (κ1) is 11.3. The maximum atomic E-state index is 5.44. The van der Waals surface area contributed by atoms with Crippen LogP contribution < -0.4 is 0 Å². The summed E-state index contributed by atoms with van der Waals surface area (Å²) in [6.07, 6.45) is 9.38. The summed E-state index contributed by atoms with van der Waals surface area (Å²) in [6, 6.07) is 0. The zero-order valence-electron chi connectivity index (χ0n) is 7.08. The Labute approximate surface area is 79.6 Å². The van der Waals surface area contributed by atoms with Crippen LogP contribution >= 0.6 is 23.2 Å². The largest absolute Gasteiger partial charge is 0.102 e. The standard InChI is InChI=1S/C9H16Cl2/c1-2-3-4-5-6-7-8-9(10)11/h8H,2-7H2,1H3. The van der Waals surface area contributed by atoms with Crippen LogP contribution in [0.3, 0.4) is 0 Å². The molecule has 0 aromatic heterocycles. The van der Waals surface area contributed by atoms with Gasteiger partial charge in [-0.05, 0) is 12.8 Å². The molecule has 0 unspecified atom stereocenters. The van der Waals surface area contributed by atoms with Gasteiger partial charge in [0.15, 0.2) is 0 Å². The van der Waals surface area contributed by atoms with E-state index in [1.54, 1.807) is 0 Å². The first-order chi connectivity index (χ1) is 5.27. The van der Waals surface area contributed by atoms with Crippen molar-refractivity contribution in [3.05, 3.63) is 10.6 Å². The number of allylic oxidation sites excluding steroid dienone is 1. The fourth-order valence-electron chi connectivity index (χ4n) is 0.959. The van der Waals surface area contributed by atoms with Crippen molar-refractivity contribution in [1.82, 2.24) is 0 Å². The maximum Gasteiger partial charge on any atom is 0.102 e. The van der Waals surface area contributed by atoms with E-state index in [0.29, 0.717) is 4.49 Å². The van der Waals surface area contributed by atoms with E-state index in [9.17, 15) is 0 Å². The Hall–Kier alpha value is 0.320. The molecule has 0 spiro atoms. The number of rotatable bonds is 6. The number of hydrogen-bond donors (Lipinski definition) is 0. The van der Waals surface area contributed by atoms with Gasteiger partial charge in [0.25, 0.3) is 0 Å². The van der Waals surface area contributed by atoms with Crippen LogP contribution in [0.2, 0.25) is 0 Å². The molecule has 0 fully saturated rings. The highest BCUT2D eigenvalue weighted by Crippen LogP contribution is 2.11. The molecule has 2 heteroatoms. The summed E-state index contributed by atoms with van der Waals surface area (Å²) >= 11 is 10.9. The van der Waals surface area contributed by atoms with Crippen LogP contribution in [-0.2, 0) is 0 Å². The van der Waals surface area contributed by atoms with Crippen LogP contribution in [0.5, 0.6) is 0 Å². The molecule has 0 saturated heterocycles. The predicted octanol–water partition coefficient (Wildman–Crippen LogP) is 4.67. The van der Waals surface area contributed by atoms with E-state index in [2.05, 4.69) is 6.92 Å². The average Bonchev–Trinajstić information content (AvgIpc) is 1.96. The zero-order valence-corrected chi connectivity index (χ0v) is 8.59. The van der Waals surface area contributed by atoms with Crippen molar-refractivity contribution in [2.45, 2.75) is 45.4 Å². The van der Waals surface area contributed by atoms with Gasteiger partial charge in [0.05, 0.1) is 0 Å². The van der Waals surface area contributed by atoms with Gasteiger partial charge in [0.1, 0.15) is 4.49 Å². The van der Waals surface area contributed by atoms with Crippen LogP contribution in [-0.4, -0.2) is 0 Å². The highest BCUT2D eigenvalue weighted by Gasteiger charge is 1.87. The first-order valence-corrected chi connectivity index (χ1v) is 5.04. The molecule has 0 aliphatic rings. The van der Waals surface area contributed by atoms with Gasteiger partial charge in [-0.3, -0.25) is 0 Å². The molecule has 0 aromatic rings. The Morgan fingerprint density at radius 2 is 1.73 bits per heavy atom. The van der Waals surface area contributed by atoms with Gasteiger partial charge in [0.2, 0.25) is 0 Å². The third-order valence-corrected chi connectivity index (χ3v) is 1.91. The number of unbranched alkanes of at least 4 members (excludes halogenated alkanes) is 5. The molecule has 0 saturated carbocycles. The Balaban J connectivity index is 2.97. The van der Waals surface area contributed by atoms with E-state index >= 15 is 0 Å². The summed E-state index contributed by atoms with van der Waals surface area (Å²) in [7, 11) is 0. The van der Waals surface area contributed by atoms with E-state index in [1.807, 2.05) is 6.08 Å². The minimum atomic E-state index is 0.403. The zero-order chi connectivity index (χ0) is 8.53. The molecule has 66 valence electrons.